The first-order valence-corrected chi connectivity index (χ1v) is 9.58. The molecule has 1 aliphatic heterocycles. The Balaban J connectivity index is 1.63. The van der Waals surface area contributed by atoms with Crippen molar-refractivity contribution in [2.24, 2.45) is 0 Å². The molecule has 1 saturated heterocycles. The number of carbonyl (C=O) groups excluding carboxylic acids is 1. The van der Waals surface area contributed by atoms with Crippen molar-refractivity contribution < 1.29 is 9.53 Å². The van der Waals surface area contributed by atoms with E-state index in [9.17, 15) is 4.79 Å². The second-order valence-electron chi connectivity index (χ2n) is 7.15. The minimum absolute atomic E-state index is 0.0114. The first-order chi connectivity index (χ1) is 13.1. The van der Waals surface area contributed by atoms with Crippen molar-refractivity contribution in [2.75, 3.05) is 39.8 Å². The van der Waals surface area contributed by atoms with Crippen LogP contribution in [0.4, 0.5) is 0 Å². The van der Waals surface area contributed by atoms with Gasteiger partial charge in [0.15, 0.2) is 6.61 Å². The van der Waals surface area contributed by atoms with E-state index in [4.69, 9.17) is 4.74 Å². The number of hydrogen-bond acceptors (Lipinski definition) is 4. The van der Waals surface area contributed by atoms with Crippen LogP contribution in [0.1, 0.15) is 18.5 Å². The molecular weight excluding hydrogens is 338 g/mol. The van der Waals surface area contributed by atoms with Gasteiger partial charge < -0.3 is 15.0 Å². The standard InChI is InChI=1S/C22H29N3O2/c1-18(23-21(26)17-27-20-11-7-4-8-12-20)22(19-9-5-3-6-10-19)25-15-13-24(2)14-16-25/h3-12,18,22H,13-17H2,1-2H3,(H,23,26)/t18-,22+/m1/s1. The first-order valence-electron chi connectivity index (χ1n) is 9.58. The molecule has 5 heteroatoms. The molecule has 3 rings (SSSR count). The number of ether oxygens (including phenoxy) is 1. The summed E-state index contributed by atoms with van der Waals surface area (Å²) in [5.41, 5.74) is 1.24. The van der Waals surface area contributed by atoms with Crippen molar-refractivity contribution in [3.8, 4) is 5.75 Å². The molecule has 0 aromatic heterocycles. The molecule has 1 fully saturated rings. The third-order valence-corrected chi connectivity index (χ3v) is 5.05. The molecule has 1 N–H and O–H groups in total. The summed E-state index contributed by atoms with van der Waals surface area (Å²) in [5, 5.41) is 3.14. The fourth-order valence-electron chi connectivity index (χ4n) is 3.61. The number of nitrogens with zero attached hydrogens (tertiary/aromatic N) is 2. The number of rotatable bonds is 7. The summed E-state index contributed by atoms with van der Waals surface area (Å²) in [6, 6.07) is 20.0. The average Bonchev–Trinajstić information content (AvgIpc) is 2.70. The Labute approximate surface area is 161 Å². The van der Waals surface area contributed by atoms with Crippen molar-refractivity contribution in [3.63, 3.8) is 0 Å². The van der Waals surface area contributed by atoms with Gasteiger partial charge in [-0.2, -0.15) is 0 Å². The zero-order valence-electron chi connectivity index (χ0n) is 16.2. The van der Waals surface area contributed by atoms with Gasteiger partial charge in [-0.15, -0.1) is 0 Å². The van der Waals surface area contributed by atoms with Crippen molar-refractivity contribution in [2.45, 2.75) is 19.0 Å². The molecule has 0 radical (unpaired) electrons. The fourth-order valence-corrected chi connectivity index (χ4v) is 3.61. The van der Waals surface area contributed by atoms with E-state index in [2.05, 4.69) is 53.4 Å². The first kappa shape index (κ1) is 19.4. The summed E-state index contributed by atoms with van der Waals surface area (Å²) >= 11 is 0. The van der Waals surface area contributed by atoms with Gasteiger partial charge in [-0.05, 0) is 31.7 Å². The van der Waals surface area contributed by atoms with Crippen LogP contribution >= 0.6 is 0 Å². The van der Waals surface area contributed by atoms with E-state index < -0.39 is 0 Å². The van der Waals surface area contributed by atoms with Crippen LogP contribution in [0.3, 0.4) is 0 Å². The fraction of sp³-hybridized carbons (Fsp3) is 0.409. The molecule has 27 heavy (non-hydrogen) atoms. The molecule has 1 amide bonds. The Morgan fingerprint density at radius 3 is 2.22 bits per heavy atom. The molecule has 0 unspecified atom stereocenters. The third-order valence-electron chi connectivity index (χ3n) is 5.05. The molecule has 2 aromatic carbocycles. The van der Waals surface area contributed by atoms with Crippen LogP contribution in [0.2, 0.25) is 0 Å². The number of amides is 1. The molecule has 0 aliphatic carbocycles. The second kappa shape index (κ2) is 9.53. The Morgan fingerprint density at radius 2 is 1.59 bits per heavy atom. The highest BCUT2D eigenvalue weighted by Crippen LogP contribution is 2.25. The van der Waals surface area contributed by atoms with Crippen LogP contribution in [0.5, 0.6) is 5.75 Å². The largest absolute Gasteiger partial charge is 0.484 e. The highest BCUT2D eigenvalue weighted by molar-refractivity contribution is 5.77. The lowest BCUT2D eigenvalue weighted by molar-refractivity contribution is -0.124. The molecule has 0 spiro atoms. The Kier molecular flexibility index (Phi) is 6.85. The molecule has 1 heterocycles. The van der Waals surface area contributed by atoms with E-state index in [-0.39, 0.29) is 24.6 Å². The minimum atomic E-state index is -0.0959. The van der Waals surface area contributed by atoms with Crippen molar-refractivity contribution >= 4 is 5.91 Å². The molecule has 1 aliphatic rings. The van der Waals surface area contributed by atoms with E-state index in [1.54, 1.807) is 0 Å². The molecule has 2 aromatic rings. The van der Waals surface area contributed by atoms with E-state index in [0.29, 0.717) is 5.75 Å². The Morgan fingerprint density at radius 1 is 1.00 bits per heavy atom. The highest BCUT2D eigenvalue weighted by Gasteiger charge is 2.29. The van der Waals surface area contributed by atoms with Gasteiger partial charge in [-0.1, -0.05) is 48.5 Å². The zero-order chi connectivity index (χ0) is 19.1. The van der Waals surface area contributed by atoms with Gasteiger partial charge in [0.05, 0.1) is 6.04 Å². The average molecular weight is 367 g/mol. The van der Waals surface area contributed by atoms with Crippen LogP contribution in [-0.4, -0.2) is 61.6 Å². The van der Waals surface area contributed by atoms with Crippen LogP contribution in [-0.2, 0) is 4.79 Å². The number of para-hydroxylation sites is 1. The lowest BCUT2D eigenvalue weighted by Crippen LogP contribution is -2.52. The van der Waals surface area contributed by atoms with Gasteiger partial charge in [0, 0.05) is 32.2 Å². The number of benzene rings is 2. The van der Waals surface area contributed by atoms with Gasteiger partial charge in [0.1, 0.15) is 5.75 Å². The van der Waals surface area contributed by atoms with E-state index in [0.717, 1.165) is 26.2 Å². The lowest BCUT2D eigenvalue weighted by atomic mass is 9.97. The van der Waals surface area contributed by atoms with Crippen LogP contribution in [0.25, 0.3) is 0 Å². The predicted octanol–water partition coefficient (Wildman–Crippen LogP) is 2.56. The molecule has 5 nitrogen and oxygen atoms in total. The molecule has 0 bridgehead atoms. The number of likely N-dealkylation sites (N-methyl/N-ethyl adjacent to an activating group) is 1. The van der Waals surface area contributed by atoms with Gasteiger partial charge in [-0.25, -0.2) is 0 Å². The molecule has 144 valence electrons. The maximum absolute atomic E-state index is 12.4. The van der Waals surface area contributed by atoms with E-state index >= 15 is 0 Å². The maximum Gasteiger partial charge on any atom is 0.258 e. The highest BCUT2D eigenvalue weighted by atomic mass is 16.5. The normalized spacial score (nSPS) is 17.9. The molecule has 2 atom stereocenters. The van der Waals surface area contributed by atoms with Crippen LogP contribution in [0.15, 0.2) is 60.7 Å². The quantitative estimate of drug-likeness (QED) is 0.817. The van der Waals surface area contributed by atoms with Crippen LogP contribution < -0.4 is 10.1 Å². The SMILES string of the molecule is C[C@@H](NC(=O)COc1ccccc1)[C@@H](c1ccccc1)N1CCN(C)CC1. The second-order valence-corrected chi connectivity index (χ2v) is 7.15. The number of carbonyl (C=O) groups is 1. The maximum atomic E-state index is 12.4. The van der Waals surface area contributed by atoms with Gasteiger partial charge in [0.25, 0.3) is 5.91 Å². The number of piperazine rings is 1. The summed E-state index contributed by atoms with van der Waals surface area (Å²) in [7, 11) is 2.15. The smallest absolute Gasteiger partial charge is 0.258 e. The van der Waals surface area contributed by atoms with E-state index in [1.807, 2.05) is 36.4 Å². The van der Waals surface area contributed by atoms with Crippen molar-refractivity contribution in [1.29, 1.82) is 0 Å². The summed E-state index contributed by atoms with van der Waals surface area (Å²) in [4.78, 5) is 17.2. The summed E-state index contributed by atoms with van der Waals surface area (Å²) in [6.45, 7) is 6.19. The van der Waals surface area contributed by atoms with Crippen LogP contribution in [0, 0.1) is 0 Å². The molecular formula is C22H29N3O2. The topological polar surface area (TPSA) is 44.8 Å². The van der Waals surface area contributed by atoms with Crippen molar-refractivity contribution in [1.82, 2.24) is 15.1 Å². The lowest BCUT2D eigenvalue weighted by Gasteiger charge is -2.41. The Bertz CT molecular complexity index is 700. The number of hydrogen-bond donors (Lipinski definition) is 1. The van der Waals surface area contributed by atoms with Gasteiger partial charge in [0.2, 0.25) is 0 Å². The Hall–Kier alpha value is -2.37. The summed E-state index contributed by atoms with van der Waals surface area (Å²) in [5.74, 6) is 0.611. The number of nitrogens with one attached hydrogen (secondary N) is 1. The summed E-state index contributed by atoms with van der Waals surface area (Å²) in [6.07, 6.45) is 0. The molecule has 0 saturated carbocycles. The monoisotopic (exact) mass is 367 g/mol. The zero-order valence-corrected chi connectivity index (χ0v) is 16.2. The van der Waals surface area contributed by atoms with E-state index in [1.165, 1.54) is 5.56 Å². The summed E-state index contributed by atoms with van der Waals surface area (Å²) < 4.78 is 5.58. The predicted molar refractivity (Wildman–Crippen MR) is 108 cm³/mol. The van der Waals surface area contributed by atoms with Crippen molar-refractivity contribution in [3.05, 3.63) is 66.2 Å². The van der Waals surface area contributed by atoms with Gasteiger partial charge >= 0.3 is 0 Å². The minimum Gasteiger partial charge on any atom is -0.484 e. The van der Waals surface area contributed by atoms with Gasteiger partial charge in [-0.3, -0.25) is 9.69 Å². The third kappa shape index (κ3) is 5.55.